The summed E-state index contributed by atoms with van der Waals surface area (Å²) in [5.41, 5.74) is 5.36. The number of nitrogens with zero attached hydrogens (tertiary/aromatic N) is 3. The van der Waals surface area contributed by atoms with Crippen LogP contribution in [0.3, 0.4) is 0 Å². The summed E-state index contributed by atoms with van der Waals surface area (Å²) in [4.78, 5) is 23.2. The maximum Gasteiger partial charge on any atom is 0.251 e. The molecule has 2 aromatic heterocycles. The van der Waals surface area contributed by atoms with Gasteiger partial charge in [-0.3, -0.25) is 9.20 Å². The molecule has 4 aromatic rings. The van der Waals surface area contributed by atoms with Crippen molar-refractivity contribution in [2.75, 3.05) is 18.1 Å². The third-order valence-electron chi connectivity index (χ3n) is 5.91. The Bertz CT molecular complexity index is 1310. The van der Waals surface area contributed by atoms with Gasteiger partial charge in [0, 0.05) is 40.4 Å². The van der Waals surface area contributed by atoms with Gasteiger partial charge < -0.3 is 10.6 Å². The van der Waals surface area contributed by atoms with Gasteiger partial charge in [-0.05, 0) is 49.3 Å². The summed E-state index contributed by atoms with van der Waals surface area (Å²) < 4.78 is 2.09. The van der Waals surface area contributed by atoms with Crippen LogP contribution in [0.15, 0.2) is 65.8 Å². The molecule has 1 aliphatic rings. The van der Waals surface area contributed by atoms with Crippen molar-refractivity contribution in [2.24, 2.45) is 5.92 Å². The number of hydrogen-bond donors (Lipinski definition) is 2. The van der Waals surface area contributed by atoms with Gasteiger partial charge in [0.1, 0.15) is 0 Å². The van der Waals surface area contributed by atoms with Gasteiger partial charge in [-0.1, -0.05) is 38.1 Å². The lowest BCUT2D eigenvalue weighted by Crippen LogP contribution is -2.25. The van der Waals surface area contributed by atoms with E-state index >= 15 is 0 Å². The predicted molar refractivity (Wildman–Crippen MR) is 139 cm³/mol. The van der Waals surface area contributed by atoms with Crippen molar-refractivity contribution in [3.8, 4) is 22.5 Å². The molecule has 2 heterocycles. The molecule has 0 atom stereocenters. The zero-order valence-electron chi connectivity index (χ0n) is 19.7. The SMILES string of the molecule is CSc1ccc(-c2cn3c(-c4ccc(C(=O)NC5CC5)cc4)cnc3c(NCC(C)C)n2)cc1. The van der Waals surface area contributed by atoms with Crippen LogP contribution in [0.25, 0.3) is 28.2 Å². The Hall–Kier alpha value is -3.32. The van der Waals surface area contributed by atoms with E-state index in [1.807, 2.05) is 36.7 Å². The molecule has 1 amide bonds. The minimum Gasteiger partial charge on any atom is -0.367 e. The molecule has 1 fully saturated rings. The number of fused-ring (bicyclic) bond motifs is 1. The summed E-state index contributed by atoms with van der Waals surface area (Å²) in [5, 5.41) is 6.53. The van der Waals surface area contributed by atoms with Gasteiger partial charge >= 0.3 is 0 Å². The lowest BCUT2D eigenvalue weighted by molar-refractivity contribution is 0.0951. The fourth-order valence-corrected chi connectivity index (χ4v) is 4.22. The first-order chi connectivity index (χ1) is 16.5. The number of anilines is 1. The van der Waals surface area contributed by atoms with Gasteiger partial charge in [0.15, 0.2) is 11.5 Å². The van der Waals surface area contributed by atoms with Crippen molar-refractivity contribution in [3.63, 3.8) is 0 Å². The van der Waals surface area contributed by atoms with E-state index in [1.165, 1.54) is 4.90 Å². The van der Waals surface area contributed by atoms with E-state index in [-0.39, 0.29) is 5.91 Å². The summed E-state index contributed by atoms with van der Waals surface area (Å²) >= 11 is 1.72. The molecule has 0 bridgehead atoms. The van der Waals surface area contributed by atoms with Crippen LogP contribution in [0.5, 0.6) is 0 Å². The van der Waals surface area contributed by atoms with Gasteiger partial charge in [0.25, 0.3) is 5.91 Å². The van der Waals surface area contributed by atoms with Gasteiger partial charge in [-0.2, -0.15) is 0 Å². The lowest BCUT2D eigenvalue weighted by atomic mass is 10.1. The molecular formula is C27H29N5OS. The molecule has 7 heteroatoms. The zero-order valence-corrected chi connectivity index (χ0v) is 20.5. The topological polar surface area (TPSA) is 71.3 Å². The van der Waals surface area contributed by atoms with Gasteiger partial charge in [0.2, 0.25) is 0 Å². The Balaban J connectivity index is 1.54. The number of hydrogen-bond acceptors (Lipinski definition) is 5. The first kappa shape index (κ1) is 22.5. The Morgan fingerprint density at radius 2 is 1.79 bits per heavy atom. The van der Waals surface area contributed by atoms with Crippen LogP contribution in [-0.2, 0) is 0 Å². The van der Waals surface area contributed by atoms with Gasteiger partial charge in [-0.15, -0.1) is 11.8 Å². The number of nitrogens with one attached hydrogen (secondary N) is 2. The van der Waals surface area contributed by atoms with Gasteiger partial charge in [-0.25, -0.2) is 9.97 Å². The van der Waals surface area contributed by atoms with E-state index in [0.29, 0.717) is 17.5 Å². The Morgan fingerprint density at radius 3 is 2.44 bits per heavy atom. The number of amides is 1. The fourth-order valence-electron chi connectivity index (χ4n) is 3.81. The first-order valence-electron chi connectivity index (χ1n) is 11.7. The largest absolute Gasteiger partial charge is 0.367 e. The zero-order chi connectivity index (χ0) is 23.7. The van der Waals surface area contributed by atoms with E-state index in [9.17, 15) is 4.79 Å². The van der Waals surface area contributed by atoms with Crippen molar-refractivity contribution >= 4 is 29.1 Å². The maximum absolute atomic E-state index is 12.4. The third-order valence-corrected chi connectivity index (χ3v) is 6.65. The molecule has 1 aliphatic carbocycles. The normalized spacial score (nSPS) is 13.4. The van der Waals surface area contributed by atoms with Crippen LogP contribution in [0, 0.1) is 5.92 Å². The van der Waals surface area contributed by atoms with Crippen LogP contribution in [0.4, 0.5) is 5.82 Å². The minimum atomic E-state index is -0.00691. The smallest absolute Gasteiger partial charge is 0.251 e. The molecule has 174 valence electrons. The average molecular weight is 472 g/mol. The van der Waals surface area contributed by atoms with Crippen molar-refractivity contribution in [1.82, 2.24) is 19.7 Å². The van der Waals surface area contributed by atoms with Crippen molar-refractivity contribution in [3.05, 3.63) is 66.5 Å². The molecule has 0 aliphatic heterocycles. The fraction of sp³-hybridized carbons (Fsp3) is 0.296. The molecule has 0 unspecified atom stereocenters. The molecule has 0 radical (unpaired) electrons. The minimum absolute atomic E-state index is 0.00691. The van der Waals surface area contributed by atoms with Crippen LogP contribution >= 0.6 is 11.8 Å². The standard InChI is InChI=1S/C27H29N5OS/c1-17(2)14-28-25-26-29-15-24(19-4-6-20(7-5-19)27(33)30-21-10-11-21)32(26)16-23(31-25)18-8-12-22(34-3)13-9-18/h4-9,12-13,15-17,21H,10-11,14H2,1-3H3,(H,28,31)(H,30,33). The maximum atomic E-state index is 12.4. The number of rotatable bonds is 8. The summed E-state index contributed by atoms with van der Waals surface area (Å²) in [6.45, 7) is 5.16. The second-order valence-electron chi connectivity index (χ2n) is 9.14. The highest BCUT2D eigenvalue weighted by Gasteiger charge is 2.23. The summed E-state index contributed by atoms with van der Waals surface area (Å²) in [7, 11) is 0. The van der Waals surface area contributed by atoms with E-state index in [4.69, 9.17) is 9.97 Å². The average Bonchev–Trinajstić information content (AvgIpc) is 3.57. The number of aromatic nitrogens is 3. The lowest BCUT2D eigenvalue weighted by Gasteiger charge is -2.13. The van der Waals surface area contributed by atoms with Gasteiger partial charge in [0.05, 0.1) is 17.6 Å². The molecule has 1 saturated carbocycles. The van der Waals surface area contributed by atoms with Crippen molar-refractivity contribution in [1.29, 1.82) is 0 Å². The number of benzene rings is 2. The molecule has 0 spiro atoms. The molecule has 5 rings (SSSR count). The van der Waals surface area contributed by atoms with Crippen molar-refractivity contribution < 1.29 is 4.79 Å². The summed E-state index contributed by atoms with van der Waals surface area (Å²) in [6.07, 6.45) is 8.15. The Morgan fingerprint density at radius 1 is 1.09 bits per heavy atom. The van der Waals surface area contributed by atoms with E-state index < -0.39 is 0 Å². The predicted octanol–water partition coefficient (Wildman–Crippen LogP) is 5.75. The molecule has 6 nitrogen and oxygen atoms in total. The van der Waals surface area contributed by atoms with Crippen LogP contribution in [0.2, 0.25) is 0 Å². The first-order valence-corrected chi connectivity index (χ1v) is 12.9. The van der Waals surface area contributed by atoms with Crippen molar-refractivity contribution in [2.45, 2.75) is 37.6 Å². The number of carbonyl (C=O) groups is 1. The Kier molecular flexibility index (Phi) is 6.28. The molecular weight excluding hydrogens is 442 g/mol. The number of thioether (sulfide) groups is 1. The summed E-state index contributed by atoms with van der Waals surface area (Å²) in [6, 6.07) is 16.5. The highest BCUT2D eigenvalue weighted by Crippen LogP contribution is 2.29. The van der Waals surface area contributed by atoms with Crippen LogP contribution in [0.1, 0.15) is 37.0 Å². The number of carbonyl (C=O) groups excluding carboxylic acids is 1. The van der Waals surface area contributed by atoms with Crippen LogP contribution in [-0.4, -0.2) is 39.1 Å². The second kappa shape index (κ2) is 9.50. The molecule has 0 saturated heterocycles. The second-order valence-corrected chi connectivity index (χ2v) is 10.0. The monoisotopic (exact) mass is 471 g/mol. The Labute approximate surface area is 204 Å². The summed E-state index contributed by atoms with van der Waals surface area (Å²) in [5.74, 6) is 1.24. The molecule has 2 aromatic carbocycles. The molecule has 34 heavy (non-hydrogen) atoms. The highest BCUT2D eigenvalue weighted by atomic mass is 32.2. The quantitative estimate of drug-likeness (QED) is 0.320. The molecule has 2 N–H and O–H groups in total. The van der Waals surface area contributed by atoms with E-state index in [2.05, 4.69) is 59.4 Å². The highest BCUT2D eigenvalue weighted by molar-refractivity contribution is 7.98. The third kappa shape index (κ3) is 4.80. The van der Waals surface area contributed by atoms with E-state index in [1.54, 1.807) is 11.8 Å². The number of imidazole rings is 1. The van der Waals surface area contributed by atoms with Crippen LogP contribution < -0.4 is 10.6 Å². The van der Waals surface area contributed by atoms with E-state index in [0.717, 1.165) is 53.4 Å².